The van der Waals surface area contributed by atoms with Gasteiger partial charge >= 0.3 is 0 Å². The normalized spacial score (nSPS) is 12.0. The number of carbonyl (C=O) groups excluding carboxylic acids is 1. The van der Waals surface area contributed by atoms with Crippen molar-refractivity contribution < 1.29 is 19.0 Å². The predicted molar refractivity (Wildman–Crippen MR) is 88.7 cm³/mol. The van der Waals surface area contributed by atoms with E-state index in [0.717, 1.165) is 0 Å². The predicted octanol–water partition coefficient (Wildman–Crippen LogP) is 2.21. The summed E-state index contributed by atoms with van der Waals surface area (Å²) in [6.45, 7) is 1.25. The van der Waals surface area contributed by atoms with Crippen LogP contribution in [0.15, 0.2) is 52.4 Å². The molecule has 2 rings (SSSR count). The Morgan fingerprint density at radius 2 is 2.08 bits per heavy atom. The minimum atomic E-state index is -1.70. The van der Waals surface area contributed by atoms with Crippen LogP contribution in [0.3, 0.4) is 0 Å². The molecule has 124 valence electrons. The van der Waals surface area contributed by atoms with Gasteiger partial charge in [-0.25, -0.2) is 4.21 Å². The first-order valence-electron chi connectivity index (χ1n) is 6.67. The summed E-state index contributed by atoms with van der Waals surface area (Å²) in [4.78, 5) is 25.6. The van der Waals surface area contributed by atoms with Crippen molar-refractivity contribution in [2.45, 2.75) is 11.8 Å². The number of rotatable bonds is 5. The van der Waals surface area contributed by atoms with Gasteiger partial charge in [0, 0.05) is 30.8 Å². The van der Waals surface area contributed by atoms with Crippen LogP contribution in [0.1, 0.15) is 12.5 Å². The van der Waals surface area contributed by atoms with Gasteiger partial charge in [-0.15, -0.1) is 0 Å². The zero-order valence-electron chi connectivity index (χ0n) is 12.5. The molecule has 2 N–H and O–H groups in total. The largest absolute Gasteiger partial charge is 0.507 e. The molecular formula is C15H13N3O5S. The van der Waals surface area contributed by atoms with E-state index in [-0.39, 0.29) is 17.0 Å². The van der Waals surface area contributed by atoms with Crippen molar-refractivity contribution >= 4 is 34.5 Å². The number of nitro benzene ring substituents is 1. The summed E-state index contributed by atoms with van der Waals surface area (Å²) in [5, 5.41) is 20.5. The number of nitrogens with one attached hydrogen (secondary N) is 1. The number of nitrogens with zero attached hydrogens (tertiary/aromatic N) is 2. The Kier molecular flexibility index (Phi) is 5.38. The topological polar surface area (TPSA) is 122 Å². The van der Waals surface area contributed by atoms with Gasteiger partial charge in [-0.1, -0.05) is 6.07 Å². The first-order chi connectivity index (χ1) is 11.4. The van der Waals surface area contributed by atoms with Crippen molar-refractivity contribution in [3.05, 3.63) is 58.1 Å². The number of non-ortho nitro benzene ring substituents is 1. The van der Waals surface area contributed by atoms with Gasteiger partial charge in [-0.2, -0.15) is 0 Å². The van der Waals surface area contributed by atoms with E-state index in [9.17, 15) is 24.2 Å². The fourth-order valence-electron chi connectivity index (χ4n) is 1.77. The van der Waals surface area contributed by atoms with Crippen LogP contribution in [0, 0.1) is 10.1 Å². The third-order valence-electron chi connectivity index (χ3n) is 2.84. The van der Waals surface area contributed by atoms with Crippen molar-refractivity contribution in [1.29, 1.82) is 0 Å². The molecule has 9 heteroatoms. The van der Waals surface area contributed by atoms with E-state index >= 15 is 0 Å². The van der Waals surface area contributed by atoms with Gasteiger partial charge in [0.1, 0.15) is 5.75 Å². The molecule has 0 radical (unpaired) electrons. The number of amides is 1. The van der Waals surface area contributed by atoms with Crippen molar-refractivity contribution in [1.82, 2.24) is 4.72 Å². The lowest BCUT2D eigenvalue weighted by molar-refractivity contribution is -0.384. The summed E-state index contributed by atoms with van der Waals surface area (Å²) in [7, 11) is -1.70. The molecule has 0 aliphatic heterocycles. The van der Waals surface area contributed by atoms with Crippen molar-refractivity contribution in [3.8, 4) is 5.75 Å². The Hall–Kier alpha value is -3.07. The molecule has 1 amide bonds. The lowest BCUT2D eigenvalue weighted by Gasteiger charge is -2.03. The van der Waals surface area contributed by atoms with Crippen LogP contribution in [-0.2, 0) is 15.8 Å². The smallest absolute Gasteiger partial charge is 0.270 e. The molecule has 0 saturated carbocycles. The monoisotopic (exact) mass is 347 g/mol. The maximum absolute atomic E-state index is 11.9. The molecule has 2 aromatic rings. The number of aliphatic imine (C=N–C) groups is 1. The van der Waals surface area contributed by atoms with Gasteiger partial charge in [0.25, 0.3) is 5.69 Å². The molecule has 0 aliphatic carbocycles. The van der Waals surface area contributed by atoms with Gasteiger partial charge in [-0.3, -0.25) is 24.6 Å². The molecule has 0 saturated heterocycles. The maximum atomic E-state index is 11.9. The number of phenolic OH excluding ortho intramolecular Hbond substituents is 1. The van der Waals surface area contributed by atoms with E-state index in [1.165, 1.54) is 37.4 Å². The number of nitro groups is 1. The highest BCUT2D eigenvalue weighted by molar-refractivity contribution is 7.83. The lowest BCUT2D eigenvalue weighted by atomic mass is 10.2. The van der Waals surface area contributed by atoms with E-state index in [1.54, 1.807) is 18.2 Å². The van der Waals surface area contributed by atoms with Crippen LogP contribution >= 0.6 is 0 Å². The molecule has 0 bridgehead atoms. The Bertz CT molecular complexity index is 851. The summed E-state index contributed by atoms with van der Waals surface area (Å²) in [5.74, 6) is -0.578. The first-order valence-corrected chi connectivity index (χ1v) is 7.82. The molecule has 8 nitrogen and oxygen atoms in total. The van der Waals surface area contributed by atoms with Crippen LogP contribution in [0.2, 0.25) is 0 Å². The molecule has 0 spiro atoms. The molecule has 0 aromatic heterocycles. The maximum Gasteiger partial charge on any atom is 0.270 e. The SMILES string of the molecule is CC(=O)NS(=O)c1cccc(N=Cc2cc([N+](=O)[O-])ccc2O)c1. The quantitative estimate of drug-likeness (QED) is 0.488. The molecule has 0 aliphatic rings. The molecule has 0 fully saturated rings. The van der Waals surface area contributed by atoms with Crippen molar-refractivity contribution in [3.63, 3.8) is 0 Å². The minimum absolute atomic E-state index is 0.151. The fraction of sp³-hybridized carbons (Fsp3) is 0.0667. The third-order valence-corrected chi connectivity index (χ3v) is 4.00. The van der Waals surface area contributed by atoms with Crippen LogP contribution in [0.25, 0.3) is 0 Å². The second-order valence-electron chi connectivity index (χ2n) is 4.68. The van der Waals surface area contributed by atoms with Gasteiger partial charge in [0.05, 0.1) is 15.5 Å². The highest BCUT2D eigenvalue weighted by atomic mass is 32.2. The first kappa shape index (κ1) is 17.3. The van der Waals surface area contributed by atoms with E-state index in [2.05, 4.69) is 9.71 Å². The number of hydrogen-bond acceptors (Lipinski definition) is 6. The van der Waals surface area contributed by atoms with Crippen LogP contribution in [-0.4, -0.2) is 26.4 Å². The lowest BCUT2D eigenvalue weighted by Crippen LogP contribution is -2.22. The fourth-order valence-corrected chi connectivity index (χ4v) is 2.58. The molecule has 0 heterocycles. The number of hydrogen-bond donors (Lipinski definition) is 2. The number of benzene rings is 2. The average Bonchev–Trinajstić information content (AvgIpc) is 2.53. The average molecular weight is 347 g/mol. The Labute approximate surface area is 139 Å². The van der Waals surface area contributed by atoms with Crippen molar-refractivity contribution in [2.24, 2.45) is 4.99 Å². The Morgan fingerprint density at radius 1 is 1.33 bits per heavy atom. The minimum Gasteiger partial charge on any atom is -0.507 e. The molecular weight excluding hydrogens is 334 g/mol. The van der Waals surface area contributed by atoms with Gasteiger partial charge in [0.2, 0.25) is 5.91 Å². The van der Waals surface area contributed by atoms with E-state index < -0.39 is 21.8 Å². The van der Waals surface area contributed by atoms with Gasteiger partial charge in [0.15, 0.2) is 11.0 Å². The summed E-state index contributed by atoms with van der Waals surface area (Å²) in [5.41, 5.74) is 0.421. The second kappa shape index (κ2) is 7.47. The van der Waals surface area contributed by atoms with E-state index in [1.807, 2.05) is 0 Å². The van der Waals surface area contributed by atoms with E-state index in [0.29, 0.717) is 10.6 Å². The molecule has 1 atom stereocenters. The van der Waals surface area contributed by atoms with Gasteiger partial charge in [-0.05, 0) is 24.3 Å². The summed E-state index contributed by atoms with van der Waals surface area (Å²) in [6, 6.07) is 9.88. The summed E-state index contributed by atoms with van der Waals surface area (Å²) in [6.07, 6.45) is 1.27. The summed E-state index contributed by atoms with van der Waals surface area (Å²) >= 11 is 0. The third kappa shape index (κ3) is 4.46. The molecule has 2 aromatic carbocycles. The van der Waals surface area contributed by atoms with Crippen LogP contribution < -0.4 is 4.72 Å². The van der Waals surface area contributed by atoms with Crippen LogP contribution in [0.5, 0.6) is 5.75 Å². The molecule has 1 unspecified atom stereocenters. The number of carbonyl (C=O) groups is 1. The Morgan fingerprint density at radius 3 is 2.75 bits per heavy atom. The zero-order valence-corrected chi connectivity index (χ0v) is 13.3. The standard InChI is InChI=1S/C15H13N3O5S/c1-10(19)17-24(23)14-4-2-3-12(8-14)16-9-11-7-13(18(21)22)5-6-15(11)20/h2-9,20H,1H3,(H,17,19). The van der Waals surface area contributed by atoms with E-state index in [4.69, 9.17) is 0 Å². The highest BCUT2D eigenvalue weighted by Gasteiger charge is 2.09. The molecule has 24 heavy (non-hydrogen) atoms. The zero-order chi connectivity index (χ0) is 17.7. The second-order valence-corrected chi connectivity index (χ2v) is 5.90. The van der Waals surface area contributed by atoms with Gasteiger partial charge < -0.3 is 5.11 Å². The highest BCUT2D eigenvalue weighted by Crippen LogP contribution is 2.23. The number of aromatic hydroxyl groups is 1. The Balaban J connectivity index is 2.27. The number of phenols is 1. The van der Waals surface area contributed by atoms with Crippen molar-refractivity contribution in [2.75, 3.05) is 0 Å². The summed E-state index contributed by atoms with van der Waals surface area (Å²) < 4.78 is 14.1. The van der Waals surface area contributed by atoms with Crippen LogP contribution in [0.4, 0.5) is 11.4 Å².